The van der Waals surface area contributed by atoms with Gasteiger partial charge in [0.05, 0.1) is 5.04 Å². The molecule has 1 atom stereocenters. The highest BCUT2D eigenvalue weighted by atomic mass is 32.2. The van der Waals surface area contributed by atoms with Crippen LogP contribution in [0.1, 0.15) is 0 Å². The van der Waals surface area contributed by atoms with Gasteiger partial charge in [0.25, 0.3) is 5.91 Å². The van der Waals surface area contributed by atoms with Crippen molar-refractivity contribution in [2.45, 2.75) is 0 Å². The lowest BCUT2D eigenvalue weighted by Crippen LogP contribution is -2.26. The number of carbonyl (C=O) groups excluding carboxylic acids is 1. The molecule has 0 saturated carbocycles. The Kier molecular flexibility index (Phi) is 1.32. The van der Waals surface area contributed by atoms with Crippen LogP contribution in [0.25, 0.3) is 0 Å². The summed E-state index contributed by atoms with van der Waals surface area (Å²) in [5.74, 6) is -0.404. The molecular formula is C6H5N3OS. The zero-order chi connectivity index (χ0) is 7.84. The summed E-state index contributed by atoms with van der Waals surface area (Å²) in [4.78, 5) is 18.5. The summed E-state index contributed by atoms with van der Waals surface area (Å²) in [5, 5.41) is 2.57. The number of nitrogens with zero attached hydrogens (tertiary/aromatic N) is 2. The standard InChI is InChI=1S/C6H5N3OS/c7-6-8-4(10)3-1-2-11-5(3)9-6/h1-3H,(H2,7,8,10). The Hall–Kier alpha value is -1.10. The fourth-order valence-electron chi connectivity index (χ4n) is 0.947. The van der Waals surface area contributed by atoms with Crippen molar-refractivity contribution in [1.82, 2.24) is 0 Å². The second kappa shape index (κ2) is 2.20. The molecule has 0 radical (unpaired) electrons. The summed E-state index contributed by atoms with van der Waals surface area (Å²) in [5.41, 5.74) is 5.28. The second-order valence-corrected chi connectivity index (χ2v) is 3.11. The maximum atomic E-state index is 11.1. The fraction of sp³-hybridized carbons (Fsp3) is 0.167. The van der Waals surface area contributed by atoms with Crippen LogP contribution in [-0.2, 0) is 4.79 Å². The quantitative estimate of drug-likeness (QED) is 0.557. The number of guanidine groups is 1. The van der Waals surface area contributed by atoms with E-state index >= 15 is 0 Å². The first-order valence-corrected chi connectivity index (χ1v) is 3.95. The van der Waals surface area contributed by atoms with Gasteiger partial charge in [-0.3, -0.25) is 4.79 Å². The normalized spacial score (nSPS) is 28.0. The lowest BCUT2D eigenvalue weighted by molar-refractivity contribution is -0.118. The van der Waals surface area contributed by atoms with E-state index in [-0.39, 0.29) is 17.8 Å². The monoisotopic (exact) mass is 167 g/mol. The topological polar surface area (TPSA) is 67.8 Å². The molecule has 2 rings (SSSR count). The third-order valence-electron chi connectivity index (χ3n) is 1.44. The van der Waals surface area contributed by atoms with Crippen LogP contribution in [0.15, 0.2) is 21.5 Å². The van der Waals surface area contributed by atoms with Crippen LogP contribution in [0.5, 0.6) is 0 Å². The molecule has 0 spiro atoms. The van der Waals surface area contributed by atoms with Crippen LogP contribution in [0, 0.1) is 5.92 Å². The van der Waals surface area contributed by atoms with E-state index in [0.29, 0.717) is 0 Å². The van der Waals surface area contributed by atoms with Crippen molar-refractivity contribution < 1.29 is 4.79 Å². The zero-order valence-electron chi connectivity index (χ0n) is 5.52. The van der Waals surface area contributed by atoms with Crippen molar-refractivity contribution in [2.75, 3.05) is 0 Å². The minimum absolute atomic E-state index is 0.0671. The molecule has 5 heteroatoms. The van der Waals surface area contributed by atoms with Crippen molar-refractivity contribution in [3.05, 3.63) is 11.5 Å². The molecule has 1 unspecified atom stereocenters. The second-order valence-electron chi connectivity index (χ2n) is 2.18. The average molecular weight is 167 g/mol. The summed E-state index contributed by atoms with van der Waals surface area (Å²) in [6, 6.07) is 0. The van der Waals surface area contributed by atoms with Crippen LogP contribution in [0.2, 0.25) is 0 Å². The molecule has 0 fully saturated rings. The Labute approximate surface area is 67.3 Å². The van der Waals surface area contributed by atoms with Gasteiger partial charge in [-0.15, -0.1) is 0 Å². The molecule has 4 nitrogen and oxygen atoms in total. The van der Waals surface area contributed by atoms with Gasteiger partial charge in [-0.1, -0.05) is 17.8 Å². The van der Waals surface area contributed by atoms with Crippen molar-refractivity contribution in [3.8, 4) is 0 Å². The molecule has 2 N–H and O–H groups in total. The van der Waals surface area contributed by atoms with E-state index in [2.05, 4.69) is 9.98 Å². The minimum Gasteiger partial charge on any atom is -0.368 e. The van der Waals surface area contributed by atoms with E-state index in [9.17, 15) is 4.79 Å². The summed E-state index contributed by atoms with van der Waals surface area (Å²) in [7, 11) is 0. The van der Waals surface area contributed by atoms with E-state index in [0.717, 1.165) is 5.04 Å². The molecule has 1 amide bonds. The maximum Gasteiger partial charge on any atom is 0.262 e. The number of thioether (sulfide) groups is 1. The van der Waals surface area contributed by atoms with E-state index < -0.39 is 0 Å². The summed E-state index contributed by atoms with van der Waals surface area (Å²) >= 11 is 1.42. The third-order valence-corrected chi connectivity index (χ3v) is 2.32. The fourth-order valence-corrected chi connectivity index (χ4v) is 1.79. The lowest BCUT2D eigenvalue weighted by atomic mass is 10.1. The minimum atomic E-state index is -0.257. The Morgan fingerprint density at radius 1 is 1.55 bits per heavy atom. The highest BCUT2D eigenvalue weighted by Crippen LogP contribution is 2.27. The molecule has 11 heavy (non-hydrogen) atoms. The van der Waals surface area contributed by atoms with E-state index in [1.807, 2.05) is 5.41 Å². The van der Waals surface area contributed by atoms with E-state index in [1.54, 1.807) is 6.08 Å². The van der Waals surface area contributed by atoms with Gasteiger partial charge in [-0.05, 0) is 5.41 Å². The maximum absolute atomic E-state index is 11.1. The van der Waals surface area contributed by atoms with Gasteiger partial charge in [-0.25, -0.2) is 4.99 Å². The summed E-state index contributed by atoms with van der Waals surface area (Å²) in [6.45, 7) is 0. The number of amides is 1. The highest BCUT2D eigenvalue weighted by molar-refractivity contribution is 8.16. The van der Waals surface area contributed by atoms with Gasteiger partial charge in [0.1, 0.15) is 5.92 Å². The molecule has 0 aliphatic carbocycles. The first kappa shape index (κ1) is 6.60. The van der Waals surface area contributed by atoms with Crippen LogP contribution in [0.3, 0.4) is 0 Å². The number of hydrogen-bond acceptors (Lipinski definition) is 4. The number of nitrogens with two attached hydrogens (primary N) is 1. The predicted molar refractivity (Wildman–Crippen MR) is 44.3 cm³/mol. The zero-order valence-corrected chi connectivity index (χ0v) is 6.34. The van der Waals surface area contributed by atoms with Crippen LogP contribution in [0.4, 0.5) is 0 Å². The van der Waals surface area contributed by atoms with Crippen LogP contribution >= 0.6 is 11.8 Å². The SMILES string of the molecule is NC1=NC(=O)C2C=CSC2=N1. The van der Waals surface area contributed by atoms with Gasteiger partial charge in [-0.2, -0.15) is 4.99 Å². The summed E-state index contributed by atoms with van der Waals surface area (Å²) in [6.07, 6.45) is 1.78. The summed E-state index contributed by atoms with van der Waals surface area (Å²) < 4.78 is 0. The first-order chi connectivity index (χ1) is 5.27. The van der Waals surface area contributed by atoms with Crippen molar-refractivity contribution in [3.63, 3.8) is 0 Å². The molecule has 0 bridgehead atoms. The Bertz CT molecular complexity index is 305. The van der Waals surface area contributed by atoms with E-state index in [1.165, 1.54) is 11.8 Å². The molecule has 2 aliphatic heterocycles. The third kappa shape index (κ3) is 0.970. The number of carbonyl (C=O) groups is 1. The van der Waals surface area contributed by atoms with Gasteiger partial charge < -0.3 is 5.73 Å². The van der Waals surface area contributed by atoms with Gasteiger partial charge in [0, 0.05) is 0 Å². The Morgan fingerprint density at radius 3 is 3.18 bits per heavy atom. The Balaban J connectivity index is 2.41. The van der Waals surface area contributed by atoms with Crippen molar-refractivity contribution in [2.24, 2.45) is 21.6 Å². The highest BCUT2D eigenvalue weighted by Gasteiger charge is 2.28. The molecular weight excluding hydrogens is 162 g/mol. The number of rotatable bonds is 0. The number of hydrogen-bond donors (Lipinski definition) is 1. The number of fused-ring (bicyclic) bond motifs is 1. The van der Waals surface area contributed by atoms with Gasteiger partial charge in [0.2, 0.25) is 5.96 Å². The van der Waals surface area contributed by atoms with Gasteiger partial charge in [0.15, 0.2) is 0 Å². The molecule has 0 aromatic rings. The lowest BCUT2D eigenvalue weighted by Gasteiger charge is -2.08. The molecule has 56 valence electrons. The largest absolute Gasteiger partial charge is 0.368 e. The molecule has 0 aromatic heterocycles. The smallest absolute Gasteiger partial charge is 0.262 e. The van der Waals surface area contributed by atoms with Crippen molar-refractivity contribution in [1.29, 1.82) is 0 Å². The first-order valence-electron chi connectivity index (χ1n) is 3.07. The molecule has 0 saturated heterocycles. The number of aliphatic imine (C=N–C) groups is 2. The molecule has 0 aromatic carbocycles. The van der Waals surface area contributed by atoms with Crippen LogP contribution in [-0.4, -0.2) is 16.9 Å². The molecule has 2 heterocycles. The van der Waals surface area contributed by atoms with Gasteiger partial charge >= 0.3 is 0 Å². The van der Waals surface area contributed by atoms with Crippen LogP contribution < -0.4 is 5.73 Å². The Morgan fingerprint density at radius 2 is 2.36 bits per heavy atom. The van der Waals surface area contributed by atoms with Crippen molar-refractivity contribution >= 4 is 28.7 Å². The van der Waals surface area contributed by atoms with E-state index in [4.69, 9.17) is 5.73 Å². The molecule has 2 aliphatic rings. The predicted octanol–water partition coefficient (Wildman–Crippen LogP) is 0.117. The average Bonchev–Trinajstić information content (AvgIpc) is 2.34.